The summed E-state index contributed by atoms with van der Waals surface area (Å²) in [5, 5.41) is 9.58. The van der Waals surface area contributed by atoms with Crippen molar-refractivity contribution in [2.45, 2.75) is 51.4 Å². The Morgan fingerprint density at radius 3 is 2.58 bits per heavy atom. The maximum Gasteiger partial charge on any atom is 0.344 e. The molecule has 0 saturated carbocycles. The molecule has 5 rings (SSSR count). The lowest BCUT2D eigenvalue weighted by atomic mass is 10.1. The van der Waals surface area contributed by atoms with Crippen LogP contribution in [0.15, 0.2) is 53.3 Å². The molecule has 2 fully saturated rings. The first kappa shape index (κ1) is 21.6. The van der Waals surface area contributed by atoms with E-state index in [-0.39, 0.29) is 11.9 Å². The average Bonchev–Trinajstić information content (AvgIpc) is 3.07. The van der Waals surface area contributed by atoms with Gasteiger partial charge in [0.15, 0.2) is 5.56 Å². The van der Waals surface area contributed by atoms with E-state index in [1.807, 2.05) is 18.2 Å². The number of pyridine rings is 1. The third-order valence-electron chi connectivity index (χ3n) is 7.22. The number of hydrogen-bond acceptors (Lipinski definition) is 4. The summed E-state index contributed by atoms with van der Waals surface area (Å²) in [5.41, 5.74) is 1.15. The van der Waals surface area contributed by atoms with Crippen LogP contribution in [0.2, 0.25) is 0 Å². The minimum absolute atomic E-state index is 0.237. The number of aryl methyl sites for hydroxylation is 1. The van der Waals surface area contributed by atoms with Gasteiger partial charge in [0.05, 0.1) is 5.52 Å². The quantitative estimate of drug-likeness (QED) is 0.594. The second kappa shape index (κ2) is 8.63. The fourth-order valence-corrected chi connectivity index (χ4v) is 5.55. The van der Waals surface area contributed by atoms with E-state index in [0.717, 1.165) is 38.2 Å². The molecule has 7 heteroatoms. The monoisotopic (exact) mass is 449 g/mol. The maximum absolute atomic E-state index is 14.9. The van der Waals surface area contributed by atoms with Crippen LogP contribution in [0.25, 0.3) is 10.9 Å². The molecule has 0 radical (unpaired) electrons. The molecule has 172 valence electrons. The van der Waals surface area contributed by atoms with Gasteiger partial charge in [0, 0.05) is 49.3 Å². The van der Waals surface area contributed by atoms with Gasteiger partial charge in [-0.3, -0.25) is 9.69 Å². The second-order valence-electron chi connectivity index (χ2n) is 9.02. The fraction of sp³-hybridized carbons (Fsp3) is 0.385. The topological polar surface area (TPSA) is 65.8 Å². The number of halogens is 1. The number of nitrogens with zero attached hydrogens (tertiary/aromatic N) is 3. The Morgan fingerprint density at radius 2 is 1.85 bits per heavy atom. The lowest BCUT2D eigenvalue weighted by Crippen LogP contribution is -2.38. The minimum Gasteiger partial charge on any atom is -0.477 e. The molecule has 3 heterocycles. The van der Waals surface area contributed by atoms with Crippen LogP contribution in [0.3, 0.4) is 0 Å². The molecular formula is C26H28FN3O3. The van der Waals surface area contributed by atoms with Crippen LogP contribution < -0.4 is 10.3 Å². The van der Waals surface area contributed by atoms with Crippen LogP contribution in [0.1, 0.15) is 42.1 Å². The number of fused-ring (bicyclic) bond motifs is 3. The van der Waals surface area contributed by atoms with Crippen LogP contribution in [-0.4, -0.2) is 45.7 Å². The van der Waals surface area contributed by atoms with Gasteiger partial charge in [-0.05, 0) is 49.9 Å². The molecule has 0 aliphatic carbocycles. The van der Waals surface area contributed by atoms with Crippen molar-refractivity contribution in [3.63, 3.8) is 0 Å². The highest BCUT2D eigenvalue weighted by molar-refractivity contribution is 5.93. The molecule has 1 N–H and O–H groups in total. The zero-order chi connectivity index (χ0) is 23.1. The second-order valence-corrected chi connectivity index (χ2v) is 9.02. The van der Waals surface area contributed by atoms with Gasteiger partial charge in [-0.15, -0.1) is 0 Å². The van der Waals surface area contributed by atoms with E-state index in [1.54, 1.807) is 13.0 Å². The van der Waals surface area contributed by atoms with Gasteiger partial charge in [-0.2, -0.15) is 4.39 Å². The number of hydrogen-bond donors (Lipinski definition) is 1. The van der Waals surface area contributed by atoms with Gasteiger partial charge in [-0.1, -0.05) is 30.3 Å². The first-order valence-corrected chi connectivity index (χ1v) is 11.6. The predicted molar refractivity (Wildman–Crippen MR) is 126 cm³/mol. The number of carboxylic acids is 1. The number of aromatic carboxylic acids is 1. The Kier molecular flexibility index (Phi) is 5.66. The highest BCUT2D eigenvalue weighted by Gasteiger charge is 2.37. The number of carbonyl (C=O) groups is 1. The number of aromatic nitrogens is 1. The fourth-order valence-electron chi connectivity index (χ4n) is 5.55. The van der Waals surface area contributed by atoms with Gasteiger partial charge in [0.2, 0.25) is 11.4 Å². The normalized spacial score (nSPS) is 20.8. The zero-order valence-corrected chi connectivity index (χ0v) is 18.7. The molecule has 33 heavy (non-hydrogen) atoms. The standard InChI is InChI=1S/C26H28FN3O3/c1-2-29-22-14-19(10-11-21(22)24(31)23(25(29)27)26(32)33)28-13-12-18-8-9-20(16-28)30(18)15-17-6-4-3-5-7-17/h3-7,10-11,14,18,20H,2,8-9,12-13,15-16H2,1H3,(H,32,33). The number of carboxylic acid groups (broad SMARTS) is 1. The molecule has 2 aliphatic heterocycles. The van der Waals surface area contributed by atoms with E-state index < -0.39 is 22.9 Å². The molecule has 0 amide bonds. The zero-order valence-electron chi connectivity index (χ0n) is 18.7. The van der Waals surface area contributed by atoms with Crippen molar-refractivity contribution >= 4 is 22.6 Å². The van der Waals surface area contributed by atoms with Gasteiger partial charge in [0.1, 0.15) is 0 Å². The summed E-state index contributed by atoms with van der Waals surface area (Å²) in [7, 11) is 0. The summed E-state index contributed by atoms with van der Waals surface area (Å²) in [5.74, 6) is -2.52. The molecule has 2 saturated heterocycles. The molecule has 2 bridgehead atoms. The Labute approximate surface area is 191 Å². The van der Waals surface area contributed by atoms with E-state index in [1.165, 1.54) is 16.6 Å². The summed E-state index contributed by atoms with van der Waals surface area (Å²) in [6.07, 6.45) is 3.41. The summed E-state index contributed by atoms with van der Waals surface area (Å²) in [6, 6.07) is 16.9. The van der Waals surface area contributed by atoms with Crippen molar-refractivity contribution in [1.29, 1.82) is 0 Å². The van der Waals surface area contributed by atoms with Crippen LogP contribution >= 0.6 is 0 Å². The van der Waals surface area contributed by atoms with E-state index in [2.05, 4.69) is 34.1 Å². The minimum atomic E-state index is -1.53. The first-order valence-electron chi connectivity index (χ1n) is 11.6. The van der Waals surface area contributed by atoms with E-state index in [4.69, 9.17) is 0 Å². The average molecular weight is 450 g/mol. The Bertz CT molecular complexity index is 1260. The molecule has 0 spiro atoms. The SMILES string of the molecule is CCn1c(F)c(C(=O)O)c(=O)c2ccc(N3CCC4CCC(C3)N4Cc3ccccc3)cc21. The van der Waals surface area contributed by atoms with Gasteiger partial charge in [-0.25, -0.2) is 4.79 Å². The molecule has 2 atom stereocenters. The molecule has 1 aromatic heterocycles. The maximum atomic E-state index is 14.9. The van der Waals surface area contributed by atoms with Crippen molar-refractivity contribution < 1.29 is 14.3 Å². The van der Waals surface area contributed by atoms with Crippen molar-refractivity contribution in [3.05, 3.63) is 75.8 Å². The largest absolute Gasteiger partial charge is 0.477 e. The Morgan fingerprint density at radius 1 is 1.09 bits per heavy atom. The van der Waals surface area contributed by atoms with Gasteiger partial charge >= 0.3 is 5.97 Å². The van der Waals surface area contributed by atoms with Crippen molar-refractivity contribution in [2.75, 3.05) is 18.0 Å². The summed E-state index contributed by atoms with van der Waals surface area (Å²) in [4.78, 5) is 29.1. The van der Waals surface area contributed by atoms with Gasteiger partial charge in [0.25, 0.3) is 0 Å². The lowest BCUT2D eigenvalue weighted by molar-refractivity contribution is 0.0688. The van der Waals surface area contributed by atoms with Crippen LogP contribution in [0.4, 0.5) is 10.1 Å². The van der Waals surface area contributed by atoms with Gasteiger partial charge < -0.3 is 14.6 Å². The molecule has 2 aromatic carbocycles. The summed E-state index contributed by atoms with van der Waals surface area (Å²) in [6.45, 7) is 4.70. The smallest absolute Gasteiger partial charge is 0.344 e. The van der Waals surface area contributed by atoms with Crippen LogP contribution in [0, 0.1) is 5.95 Å². The van der Waals surface area contributed by atoms with Crippen LogP contribution in [0.5, 0.6) is 0 Å². The van der Waals surface area contributed by atoms with E-state index in [0.29, 0.717) is 17.6 Å². The van der Waals surface area contributed by atoms with Crippen molar-refractivity contribution in [2.24, 2.45) is 0 Å². The lowest BCUT2D eigenvalue weighted by Gasteiger charge is -2.30. The highest BCUT2D eigenvalue weighted by Crippen LogP contribution is 2.34. The Balaban J connectivity index is 1.48. The predicted octanol–water partition coefficient (Wildman–Crippen LogP) is 4.10. The van der Waals surface area contributed by atoms with E-state index in [9.17, 15) is 19.1 Å². The molecule has 2 aliphatic rings. The number of rotatable bonds is 5. The van der Waals surface area contributed by atoms with Crippen molar-refractivity contribution in [3.8, 4) is 0 Å². The third kappa shape index (κ3) is 3.80. The summed E-state index contributed by atoms with van der Waals surface area (Å²) >= 11 is 0. The number of anilines is 1. The third-order valence-corrected chi connectivity index (χ3v) is 7.22. The highest BCUT2D eigenvalue weighted by atomic mass is 19.1. The van der Waals surface area contributed by atoms with Crippen LogP contribution in [-0.2, 0) is 13.1 Å². The molecule has 3 aromatic rings. The number of benzene rings is 2. The Hall–Kier alpha value is -3.19. The van der Waals surface area contributed by atoms with Crippen molar-refractivity contribution in [1.82, 2.24) is 9.47 Å². The van der Waals surface area contributed by atoms with E-state index >= 15 is 0 Å². The molecular weight excluding hydrogens is 421 g/mol. The molecule has 6 nitrogen and oxygen atoms in total. The first-order chi connectivity index (χ1) is 16.0. The summed E-state index contributed by atoms with van der Waals surface area (Å²) < 4.78 is 16.2. The molecule has 2 unspecified atom stereocenters.